The first-order chi connectivity index (χ1) is 12.4. The molecule has 0 saturated carbocycles. The minimum Gasteiger partial charge on any atom is -0.396 e. The van der Waals surface area contributed by atoms with Crippen molar-refractivity contribution < 1.29 is 19.5 Å². The van der Waals surface area contributed by atoms with E-state index in [4.69, 9.17) is 0 Å². The van der Waals surface area contributed by atoms with Gasteiger partial charge in [-0.25, -0.2) is 0 Å². The molecular formula is C19H31N3O4. The summed E-state index contributed by atoms with van der Waals surface area (Å²) in [5.41, 5.74) is 0. The van der Waals surface area contributed by atoms with Crippen LogP contribution in [0.1, 0.15) is 33.6 Å². The molecule has 1 fully saturated rings. The highest BCUT2D eigenvalue weighted by molar-refractivity contribution is 5.96. The third kappa shape index (κ3) is 3.77. The number of aliphatic hydroxyl groups excluding tert-OH is 1. The van der Waals surface area contributed by atoms with Crippen LogP contribution in [0.2, 0.25) is 0 Å². The lowest BCUT2D eigenvalue weighted by Gasteiger charge is -2.33. The summed E-state index contributed by atoms with van der Waals surface area (Å²) in [6.07, 6.45) is 5.09. The zero-order valence-corrected chi connectivity index (χ0v) is 16.1. The van der Waals surface area contributed by atoms with Gasteiger partial charge in [0.25, 0.3) is 0 Å². The third-order valence-electron chi connectivity index (χ3n) is 5.39. The molecule has 0 unspecified atom stereocenters. The number of amides is 3. The molecule has 1 aliphatic carbocycles. The second-order valence-corrected chi connectivity index (χ2v) is 7.42. The van der Waals surface area contributed by atoms with Gasteiger partial charge in [0.1, 0.15) is 6.04 Å². The molecule has 5 atom stereocenters. The lowest BCUT2D eigenvalue weighted by molar-refractivity contribution is -0.141. The Bertz CT molecular complexity index is 575. The van der Waals surface area contributed by atoms with E-state index in [1.54, 1.807) is 11.9 Å². The lowest BCUT2D eigenvalue weighted by Crippen LogP contribution is -2.49. The van der Waals surface area contributed by atoms with Crippen molar-refractivity contribution in [3.8, 4) is 0 Å². The average molecular weight is 365 g/mol. The first kappa shape index (κ1) is 20.4. The van der Waals surface area contributed by atoms with Crippen LogP contribution < -0.4 is 10.6 Å². The van der Waals surface area contributed by atoms with Crippen LogP contribution in [0.15, 0.2) is 12.2 Å². The maximum Gasteiger partial charge on any atom is 0.243 e. The van der Waals surface area contributed by atoms with Gasteiger partial charge in [0, 0.05) is 32.2 Å². The Kier molecular flexibility index (Phi) is 6.81. The molecule has 0 bridgehead atoms. The second kappa shape index (κ2) is 8.66. The van der Waals surface area contributed by atoms with Crippen molar-refractivity contribution in [2.24, 2.45) is 23.7 Å². The molecule has 1 saturated heterocycles. The molecule has 0 aromatic carbocycles. The number of nitrogens with one attached hydrogen (secondary N) is 2. The molecule has 146 valence electrons. The Morgan fingerprint density at radius 3 is 2.50 bits per heavy atom. The summed E-state index contributed by atoms with van der Waals surface area (Å²) in [7, 11) is 1.58. The number of hydrogen-bond acceptors (Lipinski definition) is 4. The van der Waals surface area contributed by atoms with E-state index in [1.165, 1.54) is 0 Å². The number of allylic oxidation sites excluding steroid dienone is 1. The van der Waals surface area contributed by atoms with Crippen LogP contribution >= 0.6 is 0 Å². The quantitative estimate of drug-likeness (QED) is 0.565. The smallest absolute Gasteiger partial charge is 0.243 e. The monoisotopic (exact) mass is 365 g/mol. The van der Waals surface area contributed by atoms with E-state index in [2.05, 4.69) is 10.6 Å². The number of carbonyl (C=O) groups excluding carboxylic acids is 3. The number of hydrogen-bond donors (Lipinski definition) is 3. The molecule has 0 aromatic rings. The molecule has 1 aliphatic heterocycles. The maximum atomic E-state index is 13.2. The number of carbonyl (C=O) groups is 3. The van der Waals surface area contributed by atoms with E-state index in [0.29, 0.717) is 13.0 Å². The maximum absolute atomic E-state index is 13.2. The number of nitrogens with zero attached hydrogens (tertiary/aromatic N) is 1. The Morgan fingerprint density at radius 2 is 1.96 bits per heavy atom. The van der Waals surface area contributed by atoms with E-state index < -0.39 is 17.9 Å². The van der Waals surface area contributed by atoms with Crippen molar-refractivity contribution in [1.29, 1.82) is 0 Å². The molecule has 7 nitrogen and oxygen atoms in total. The number of fused-ring (bicyclic) bond motifs is 1. The topological polar surface area (TPSA) is 98.7 Å². The van der Waals surface area contributed by atoms with Crippen LogP contribution in [-0.2, 0) is 14.4 Å². The van der Waals surface area contributed by atoms with Crippen molar-refractivity contribution in [2.75, 3.05) is 20.2 Å². The van der Waals surface area contributed by atoms with Gasteiger partial charge in [-0.3, -0.25) is 14.4 Å². The van der Waals surface area contributed by atoms with Gasteiger partial charge in [0.05, 0.1) is 11.8 Å². The zero-order valence-electron chi connectivity index (χ0n) is 16.1. The van der Waals surface area contributed by atoms with E-state index in [0.717, 1.165) is 6.42 Å². The Morgan fingerprint density at radius 1 is 1.27 bits per heavy atom. The fourth-order valence-corrected chi connectivity index (χ4v) is 4.26. The fraction of sp³-hybridized carbons (Fsp3) is 0.737. The number of likely N-dealkylation sites (tertiary alicyclic amines) is 1. The highest BCUT2D eigenvalue weighted by Crippen LogP contribution is 2.44. The van der Waals surface area contributed by atoms with Gasteiger partial charge < -0.3 is 20.6 Å². The van der Waals surface area contributed by atoms with Gasteiger partial charge in [0.15, 0.2) is 0 Å². The Hall–Kier alpha value is -1.89. The summed E-state index contributed by atoms with van der Waals surface area (Å²) in [5, 5.41) is 14.8. The molecule has 7 heteroatoms. The minimum atomic E-state index is -0.636. The summed E-state index contributed by atoms with van der Waals surface area (Å²) in [4.78, 5) is 40.1. The van der Waals surface area contributed by atoms with E-state index in [-0.39, 0.29) is 42.2 Å². The molecule has 1 heterocycles. The zero-order chi connectivity index (χ0) is 19.4. The van der Waals surface area contributed by atoms with Crippen molar-refractivity contribution in [3.05, 3.63) is 12.2 Å². The fourth-order valence-electron chi connectivity index (χ4n) is 4.26. The largest absolute Gasteiger partial charge is 0.396 e. The predicted octanol–water partition coefficient (Wildman–Crippen LogP) is 0.295. The summed E-state index contributed by atoms with van der Waals surface area (Å²) >= 11 is 0. The second-order valence-electron chi connectivity index (χ2n) is 7.42. The summed E-state index contributed by atoms with van der Waals surface area (Å²) in [6.45, 7) is 6.01. The Balaban J connectivity index is 2.42. The molecule has 2 rings (SSSR count). The molecule has 0 spiro atoms. The lowest BCUT2D eigenvalue weighted by atomic mass is 9.69. The first-order valence-corrected chi connectivity index (χ1v) is 9.48. The highest BCUT2D eigenvalue weighted by atomic mass is 16.3. The van der Waals surface area contributed by atoms with E-state index >= 15 is 0 Å². The molecule has 3 amide bonds. The van der Waals surface area contributed by atoms with Gasteiger partial charge in [-0.2, -0.15) is 0 Å². The van der Waals surface area contributed by atoms with Crippen LogP contribution in [0.3, 0.4) is 0 Å². The van der Waals surface area contributed by atoms with Crippen LogP contribution in [-0.4, -0.2) is 60.0 Å². The van der Waals surface area contributed by atoms with E-state index in [1.807, 2.05) is 32.9 Å². The third-order valence-corrected chi connectivity index (χ3v) is 5.39. The van der Waals surface area contributed by atoms with Gasteiger partial charge in [-0.1, -0.05) is 19.1 Å². The van der Waals surface area contributed by atoms with Crippen molar-refractivity contribution >= 4 is 17.7 Å². The Labute approximate surface area is 155 Å². The number of rotatable bonds is 7. The summed E-state index contributed by atoms with van der Waals surface area (Å²) < 4.78 is 0. The minimum absolute atomic E-state index is 0.0215. The van der Waals surface area contributed by atoms with Crippen molar-refractivity contribution in [3.63, 3.8) is 0 Å². The van der Waals surface area contributed by atoms with Crippen LogP contribution in [0.5, 0.6) is 0 Å². The van der Waals surface area contributed by atoms with E-state index in [9.17, 15) is 19.5 Å². The van der Waals surface area contributed by atoms with Crippen LogP contribution in [0, 0.1) is 23.7 Å². The van der Waals surface area contributed by atoms with Crippen LogP contribution in [0.4, 0.5) is 0 Å². The molecule has 0 aromatic heterocycles. The number of aliphatic hydroxyl groups is 1. The molecular weight excluding hydrogens is 334 g/mol. The van der Waals surface area contributed by atoms with Crippen LogP contribution in [0.25, 0.3) is 0 Å². The summed E-state index contributed by atoms with van der Waals surface area (Å²) in [5.74, 6) is -1.88. The molecule has 0 radical (unpaired) electrons. The van der Waals surface area contributed by atoms with Gasteiger partial charge in [-0.15, -0.1) is 0 Å². The van der Waals surface area contributed by atoms with Gasteiger partial charge in [-0.05, 0) is 32.6 Å². The normalized spacial score (nSPS) is 30.5. The molecule has 26 heavy (non-hydrogen) atoms. The predicted molar refractivity (Wildman–Crippen MR) is 97.9 cm³/mol. The van der Waals surface area contributed by atoms with Crippen molar-refractivity contribution in [2.45, 2.75) is 45.7 Å². The SMILES string of the molecule is CC[C@@H]1C=C[C@H]2[C@H](C(=O)N(CCCO)[C@@H]2C(=O)NC(C)C)[C@@H]1C(=O)NC. The van der Waals surface area contributed by atoms with Gasteiger partial charge >= 0.3 is 0 Å². The average Bonchev–Trinajstić information content (AvgIpc) is 2.90. The molecule has 3 N–H and O–H groups in total. The summed E-state index contributed by atoms with van der Waals surface area (Å²) in [6, 6.07) is -0.676. The van der Waals surface area contributed by atoms with Crippen molar-refractivity contribution in [1.82, 2.24) is 15.5 Å². The first-order valence-electron chi connectivity index (χ1n) is 9.48. The standard InChI is InChI=1S/C19H31N3O4/c1-5-12-7-8-13-15(14(12)17(24)20-4)19(26)22(9-6-10-23)16(13)18(25)21-11(2)3/h7-8,11-16,23H,5-6,9-10H2,1-4H3,(H,20,24)(H,21,25)/t12-,13+,14-,15+,16+/m1/s1. The molecule has 2 aliphatic rings. The van der Waals surface area contributed by atoms with Gasteiger partial charge in [0.2, 0.25) is 17.7 Å². The highest BCUT2D eigenvalue weighted by Gasteiger charge is 2.56.